The van der Waals surface area contributed by atoms with Crippen LogP contribution in [0.3, 0.4) is 0 Å². The second kappa shape index (κ2) is 8.60. The summed E-state index contributed by atoms with van der Waals surface area (Å²) in [6.07, 6.45) is 2.13. The van der Waals surface area contributed by atoms with Gasteiger partial charge in [0.15, 0.2) is 0 Å². The van der Waals surface area contributed by atoms with Crippen LogP contribution in [0.1, 0.15) is 19.8 Å². The Morgan fingerprint density at radius 3 is 3.12 bits per heavy atom. The van der Waals surface area contributed by atoms with Gasteiger partial charge in [-0.05, 0) is 12.8 Å². The molecule has 0 spiro atoms. The van der Waals surface area contributed by atoms with Gasteiger partial charge in [0.1, 0.15) is 0 Å². The molecule has 0 aromatic heterocycles. The average Bonchev–Trinajstić information content (AvgIpc) is 2.39. The van der Waals surface area contributed by atoms with E-state index >= 15 is 0 Å². The first-order valence-corrected chi connectivity index (χ1v) is 7.23. The Balaban J connectivity index is 2.42. The molecule has 0 aromatic rings. The van der Waals surface area contributed by atoms with Gasteiger partial charge >= 0.3 is 0 Å². The first-order valence-electron chi connectivity index (χ1n) is 6.18. The molecule has 5 nitrogen and oxygen atoms in total. The number of aliphatic imine (C=N–C) groups is 1. The van der Waals surface area contributed by atoms with Crippen LogP contribution in [0.15, 0.2) is 4.99 Å². The molecule has 6 heteroatoms. The van der Waals surface area contributed by atoms with Crippen LogP contribution in [0.4, 0.5) is 0 Å². The number of hydrogen-bond acceptors (Lipinski definition) is 4. The quantitative estimate of drug-likeness (QED) is 0.250. The van der Waals surface area contributed by atoms with Gasteiger partial charge in [-0.2, -0.15) is 11.8 Å². The zero-order valence-corrected chi connectivity index (χ0v) is 11.6. The summed E-state index contributed by atoms with van der Waals surface area (Å²) >= 11 is 2.04. The maximum absolute atomic E-state index is 5.54. The number of hydrazine groups is 1. The van der Waals surface area contributed by atoms with Crippen LogP contribution in [-0.4, -0.2) is 55.2 Å². The number of guanidine groups is 1. The lowest BCUT2D eigenvalue weighted by Gasteiger charge is -2.33. The minimum atomic E-state index is 0.696. The molecule has 1 rings (SSSR count). The van der Waals surface area contributed by atoms with Crippen LogP contribution in [0.2, 0.25) is 0 Å². The predicted molar refractivity (Wildman–Crippen MR) is 74.2 cm³/mol. The van der Waals surface area contributed by atoms with Crippen LogP contribution in [-0.2, 0) is 4.74 Å². The lowest BCUT2D eigenvalue weighted by atomic mass is 10.3. The monoisotopic (exact) mass is 260 g/mol. The highest BCUT2D eigenvalue weighted by Gasteiger charge is 2.20. The molecule has 3 N–H and O–H groups in total. The van der Waals surface area contributed by atoms with Gasteiger partial charge in [0, 0.05) is 44.4 Å². The Hall–Kier alpha value is -0.460. The molecule has 1 saturated heterocycles. The van der Waals surface area contributed by atoms with Crippen molar-refractivity contribution in [3.63, 3.8) is 0 Å². The summed E-state index contributed by atoms with van der Waals surface area (Å²) in [6, 6.07) is 0. The van der Waals surface area contributed by atoms with E-state index in [2.05, 4.69) is 22.2 Å². The van der Waals surface area contributed by atoms with Crippen molar-refractivity contribution >= 4 is 17.7 Å². The molecule has 1 atom stereocenters. The second-order valence-electron chi connectivity index (χ2n) is 4.04. The summed E-state index contributed by atoms with van der Waals surface area (Å²) in [5.74, 6) is 7.51. The third kappa shape index (κ3) is 5.14. The summed E-state index contributed by atoms with van der Waals surface area (Å²) in [6.45, 7) is 5.79. The van der Waals surface area contributed by atoms with Crippen molar-refractivity contribution in [2.24, 2.45) is 10.8 Å². The van der Waals surface area contributed by atoms with Gasteiger partial charge < -0.3 is 9.64 Å². The highest BCUT2D eigenvalue weighted by Crippen LogP contribution is 2.20. The molecule has 17 heavy (non-hydrogen) atoms. The molecule has 1 fully saturated rings. The molecule has 1 unspecified atom stereocenters. The molecule has 1 heterocycles. The minimum absolute atomic E-state index is 0.696. The highest BCUT2D eigenvalue weighted by molar-refractivity contribution is 8.00. The third-order valence-electron chi connectivity index (χ3n) is 2.79. The first kappa shape index (κ1) is 14.6. The summed E-state index contributed by atoms with van der Waals surface area (Å²) in [7, 11) is 1.71. The van der Waals surface area contributed by atoms with Gasteiger partial charge in [-0.1, -0.05) is 6.92 Å². The largest absolute Gasteiger partial charge is 0.385 e. The number of nitrogens with zero attached hydrogens (tertiary/aromatic N) is 2. The number of ether oxygens (including phenoxy) is 1. The van der Waals surface area contributed by atoms with Crippen LogP contribution >= 0.6 is 11.8 Å². The standard InChI is InChI=1S/C11H24N4OS/c1-3-10-9-15(6-8-17-10)11(14-12)13-5-4-7-16-2/h10H,3-9,12H2,1-2H3,(H,13,14). The summed E-state index contributed by atoms with van der Waals surface area (Å²) in [5, 5.41) is 0.696. The molecular weight excluding hydrogens is 236 g/mol. The van der Waals surface area contributed by atoms with Crippen molar-refractivity contribution in [3.05, 3.63) is 0 Å². The number of hydrogen-bond donors (Lipinski definition) is 2. The normalized spacial score (nSPS) is 21.7. The van der Waals surface area contributed by atoms with E-state index in [1.807, 2.05) is 11.8 Å². The van der Waals surface area contributed by atoms with Crippen molar-refractivity contribution in [2.75, 3.05) is 39.1 Å². The van der Waals surface area contributed by atoms with Crippen molar-refractivity contribution in [1.82, 2.24) is 10.3 Å². The van der Waals surface area contributed by atoms with Crippen LogP contribution in [0.5, 0.6) is 0 Å². The Bertz CT molecular complexity index is 238. The Labute approximate surface area is 108 Å². The SMILES string of the molecule is CCC1CN(C(=NCCCOC)NN)CCS1. The summed E-state index contributed by atoms with van der Waals surface area (Å²) in [5.41, 5.74) is 2.72. The summed E-state index contributed by atoms with van der Waals surface area (Å²) < 4.78 is 5.00. The predicted octanol–water partition coefficient (Wildman–Crippen LogP) is 0.670. The molecule has 0 radical (unpaired) electrons. The fraction of sp³-hybridized carbons (Fsp3) is 0.909. The van der Waals surface area contributed by atoms with Crippen molar-refractivity contribution in [2.45, 2.75) is 25.0 Å². The number of nitrogens with one attached hydrogen (secondary N) is 1. The van der Waals surface area contributed by atoms with Gasteiger partial charge in [0.2, 0.25) is 5.96 Å². The second-order valence-corrected chi connectivity index (χ2v) is 5.45. The zero-order chi connectivity index (χ0) is 12.5. The van der Waals surface area contributed by atoms with Gasteiger partial charge in [0.05, 0.1) is 0 Å². The Morgan fingerprint density at radius 1 is 1.65 bits per heavy atom. The molecule has 0 bridgehead atoms. The maximum atomic E-state index is 5.54. The van der Waals surface area contributed by atoms with E-state index in [4.69, 9.17) is 10.6 Å². The first-order chi connectivity index (χ1) is 8.31. The summed E-state index contributed by atoms with van der Waals surface area (Å²) in [4.78, 5) is 6.74. The van der Waals surface area contributed by atoms with Gasteiger partial charge in [-0.15, -0.1) is 0 Å². The van der Waals surface area contributed by atoms with Crippen LogP contribution < -0.4 is 11.3 Å². The number of rotatable bonds is 5. The lowest BCUT2D eigenvalue weighted by molar-refractivity contribution is 0.197. The molecule has 0 amide bonds. The lowest BCUT2D eigenvalue weighted by Crippen LogP contribution is -2.50. The van der Waals surface area contributed by atoms with E-state index in [1.54, 1.807) is 7.11 Å². The number of nitrogens with two attached hydrogens (primary N) is 1. The molecule has 1 aliphatic heterocycles. The minimum Gasteiger partial charge on any atom is -0.385 e. The van der Waals surface area contributed by atoms with E-state index in [0.717, 1.165) is 44.4 Å². The molecule has 0 saturated carbocycles. The fourth-order valence-corrected chi connectivity index (χ4v) is 2.97. The topological polar surface area (TPSA) is 62.9 Å². The van der Waals surface area contributed by atoms with E-state index in [1.165, 1.54) is 6.42 Å². The van der Waals surface area contributed by atoms with E-state index in [0.29, 0.717) is 5.25 Å². The Morgan fingerprint density at radius 2 is 2.47 bits per heavy atom. The number of thioether (sulfide) groups is 1. The average molecular weight is 260 g/mol. The van der Waals surface area contributed by atoms with Crippen molar-refractivity contribution < 1.29 is 4.74 Å². The van der Waals surface area contributed by atoms with Crippen molar-refractivity contribution in [3.8, 4) is 0 Å². The fourth-order valence-electron chi connectivity index (χ4n) is 1.79. The smallest absolute Gasteiger partial charge is 0.208 e. The van der Waals surface area contributed by atoms with Crippen LogP contribution in [0, 0.1) is 0 Å². The van der Waals surface area contributed by atoms with Gasteiger partial charge in [-0.3, -0.25) is 10.4 Å². The Kier molecular flexibility index (Phi) is 7.39. The van der Waals surface area contributed by atoms with Gasteiger partial charge in [-0.25, -0.2) is 5.84 Å². The number of methoxy groups -OCH3 is 1. The highest BCUT2D eigenvalue weighted by atomic mass is 32.2. The molecule has 0 aromatic carbocycles. The molecular formula is C11H24N4OS. The van der Waals surface area contributed by atoms with Gasteiger partial charge in [0.25, 0.3) is 0 Å². The molecule has 0 aliphatic carbocycles. The molecule has 100 valence electrons. The van der Waals surface area contributed by atoms with E-state index in [9.17, 15) is 0 Å². The van der Waals surface area contributed by atoms with E-state index in [-0.39, 0.29) is 0 Å². The molecule has 1 aliphatic rings. The van der Waals surface area contributed by atoms with Crippen LogP contribution in [0.25, 0.3) is 0 Å². The third-order valence-corrected chi connectivity index (χ3v) is 4.16. The zero-order valence-electron chi connectivity index (χ0n) is 10.8. The maximum Gasteiger partial charge on any atom is 0.208 e. The van der Waals surface area contributed by atoms with E-state index < -0.39 is 0 Å². The van der Waals surface area contributed by atoms with Crippen molar-refractivity contribution in [1.29, 1.82) is 0 Å².